The normalized spacial score (nSPS) is 17.5. The van der Waals surface area contributed by atoms with E-state index in [9.17, 15) is 9.59 Å². The highest BCUT2D eigenvalue weighted by molar-refractivity contribution is 6.45. The summed E-state index contributed by atoms with van der Waals surface area (Å²) in [5.74, 6) is -0.419. The molecule has 4 rings (SSSR count). The standard InChI is InChI=1S/C25H28N2O2/c1-4-19-9-12-21(13-10-19)27-24(28)22(20-11-8-17(2)18(3)16-20)23(25(27)29)26-14-6-5-7-15-26/h8-13,16H,4-7,14-15H2,1-3H3. The summed E-state index contributed by atoms with van der Waals surface area (Å²) in [6.45, 7) is 7.84. The number of carbonyl (C=O) groups is 2. The smallest absolute Gasteiger partial charge is 0.282 e. The molecule has 0 spiro atoms. The zero-order valence-corrected chi connectivity index (χ0v) is 17.5. The van der Waals surface area contributed by atoms with Gasteiger partial charge in [-0.2, -0.15) is 0 Å². The molecule has 0 saturated carbocycles. The monoisotopic (exact) mass is 388 g/mol. The summed E-state index contributed by atoms with van der Waals surface area (Å²) in [7, 11) is 0. The number of piperidine rings is 1. The lowest BCUT2D eigenvalue weighted by molar-refractivity contribution is -0.120. The van der Waals surface area contributed by atoms with Crippen LogP contribution in [0, 0.1) is 13.8 Å². The van der Waals surface area contributed by atoms with Crippen LogP contribution in [-0.4, -0.2) is 29.8 Å². The molecular weight excluding hydrogens is 360 g/mol. The van der Waals surface area contributed by atoms with E-state index in [2.05, 4.69) is 18.7 Å². The molecule has 2 aromatic carbocycles. The Morgan fingerprint density at radius 1 is 0.828 bits per heavy atom. The first-order chi connectivity index (χ1) is 14.0. The number of aryl methyl sites for hydroxylation is 3. The second kappa shape index (κ2) is 7.86. The molecule has 2 heterocycles. The minimum atomic E-state index is -0.219. The number of nitrogens with zero attached hydrogens (tertiary/aromatic N) is 2. The van der Waals surface area contributed by atoms with Gasteiger partial charge in [0.25, 0.3) is 11.8 Å². The van der Waals surface area contributed by atoms with Crippen molar-refractivity contribution in [1.29, 1.82) is 0 Å². The fraction of sp³-hybridized carbons (Fsp3) is 0.360. The van der Waals surface area contributed by atoms with E-state index in [1.54, 1.807) is 0 Å². The second-order valence-corrected chi connectivity index (χ2v) is 8.04. The summed E-state index contributed by atoms with van der Waals surface area (Å²) >= 11 is 0. The summed E-state index contributed by atoms with van der Waals surface area (Å²) in [5.41, 5.74) is 6.07. The first-order valence-electron chi connectivity index (χ1n) is 10.6. The van der Waals surface area contributed by atoms with E-state index in [0.717, 1.165) is 43.5 Å². The van der Waals surface area contributed by atoms with Gasteiger partial charge in [-0.15, -0.1) is 0 Å². The van der Waals surface area contributed by atoms with Gasteiger partial charge in [0, 0.05) is 13.1 Å². The van der Waals surface area contributed by atoms with Crippen LogP contribution >= 0.6 is 0 Å². The summed E-state index contributed by atoms with van der Waals surface area (Å²) in [6, 6.07) is 13.8. The molecule has 4 heteroatoms. The summed E-state index contributed by atoms with van der Waals surface area (Å²) in [5, 5.41) is 0. The fourth-order valence-corrected chi connectivity index (χ4v) is 4.20. The van der Waals surface area contributed by atoms with Gasteiger partial charge in [-0.25, -0.2) is 4.90 Å². The lowest BCUT2D eigenvalue weighted by atomic mass is 9.98. The molecule has 29 heavy (non-hydrogen) atoms. The molecule has 4 nitrogen and oxygen atoms in total. The Labute approximate surface area is 172 Å². The molecule has 150 valence electrons. The van der Waals surface area contributed by atoms with E-state index in [1.165, 1.54) is 22.4 Å². The highest BCUT2D eigenvalue weighted by Crippen LogP contribution is 2.36. The van der Waals surface area contributed by atoms with Crippen LogP contribution in [0.15, 0.2) is 48.2 Å². The molecule has 0 aliphatic carbocycles. The van der Waals surface area contributed by atoms with Crippen LogP contribution in [0.1, 0.15) is 48.4 Å². The number of anilines is 1. The van der Waals surface area contributed by atoms with Gasteiger partial charge in [-0.1, -0.05) is 37.3 Å². The third kappa shape index (κ3) is 3.48. The van der Waals surface area contributed by atoms with Gasteiger partial charge in [-0.05, 0) is 73.9 Å². The Bertz CT molecular complexity index is 982. The Kier molecular flexibility index (Phi) is 5.27. The van der Waals surface area contributed by atoms with Crippen LogP contribution in [0.3, 0.4) is 0 Å². The number of benzene rings is 2. The third-order valence-corrected chi connectivity index (χ3v) is 6.13. The van der Waals surface area contributed by atoms with Crippen LogP contribution in [0.25, 0.3) is 5.57 Å². The minimum Gasteiger partial charge on any atom is -0.366 e. The average molecular weight is 389 g/mol. The summed E-state index contributed by atoms with van der Waals surface area (Å²) < 4.78 is 0. The van der Waals surface area contributed by atoms with Gasteiger partial charge in [-0.3, -0.25) is 9.59 Å². The summed E-state index contributed by atoms with van der Waals surface area (Å²) in [4.78, 5) is 30.5. The van der Waals surface area contributed by atoms with Crippen LogP contribution in [0.2, 0.25) is 0 Å². The number of imide groups is 1. The topological polar surface area (TPSA) is 40.6 Å². The largest absolute Gasteiger partial charge is 0.366 e. The van der Waals surface area contributed by atoms with Crippen molar-refractivity contribution in [3.63, 3.8) is 0 Å². The van der Waals surface area contributed by atoms with Crippen LogP contribution in [0.5, 0.6) is 0 Å². The molecule has 2 amide bonds. The molecule has 1 fully saturated rings. The number of likely N-dealkylation sites (tertiary alicyclic amines) is 1. The van der Waals surface area contributed by atoms with Crippen LogP contribution in [-0.2, 0) is 16.0 Å². The Balaban J connectivity index is 1.81. The molecule has 0 bridgehead atoms. The molecule has 1 saturated heterocycles. The van der Waals surface area contributed by atoms with Crippen molar-refractivity contribution in [3.05, 3.63) is 70.4 Å². The second-order valence-electron chi connectivity index (χ2n) is 8.04. The fourth-order valence-electron chi connectivity index (χ4n) is 4.20. The lowest BCUT2D eigenvalue weighted by Crippen LogP contribution is -2.37. The number of rotatable bonds is 4. The Morgan fingerprint density at radius 3 is 2.14 bits per heavy atom. The highest BCUT2D eigenvalue weighted by Gasteiger charge is 2.42. The van der Waals surface area contributed by atoms with Gasteiger partial charge in [0.15, 0.2) is 0 Å². The molecular formula is C25H28N2O2. The quantitative estimate of drug-likeness (QED) is 0.717. The molecule has 2 aromatic rings. The lowest BCUT2D eigenvalue weighted by Gasteiger charge is -2.29. The van der Waals surface area contributed by atoms with Gasteiger partial charge in [0.2, 0.25) is 0 Å². The van der Waals surface area contributed by atoms with Gasteiger partial charge < -0.3 is 4.90 Å². The van der Waals surface area contributed by atoms with E-state index < -0.39 is 0 Å². The SMILES string of the molecule is CCc1ccc(N2C(=O)C(c3ccc(C)c(C)c3)=C(N3CCCCC3)C2=O)cc1. The van der Waals surface area contributed by atoms with Crippen molar-refractivity contribution in [1.82, 2.24) is 4.90 Å². The third-order valence-electron chi connectivity index (χ3n) is 6.13. The van der Waals surface area contributed by atoms with E-state index >= 15 is 0 Å². The number of hydrogen-bond donors (Lipinski definition) is 0. The Hall–Kier alpha value is -2.88. The molecule has 0 atom stereocenters. The zero-order chi connectivity index (χ0) is 20.5. The van der Waals surface area contributed by atoms with Crippen molar-refractivity contribution in [2.45, 2.75) is 46.5 Å². The first kappa shape index (κ1) is 19.4. The predicted molar refractivity (Wildman–Crippen MR) is 117 cm³/mol. The molecule has 2 aliphatic rings. The number of amides is 2. The zero-order valence-electron chi connectivity index (χ0n) is 17.5. The molecule has 2 aliphatic heterocycles. The maximum absolute atomic E-state index is 13.5. The minimum absolute atomic E-state index is 0.200. The van der Waals surface area contributed by atoms with Crippen molar-refractivity contribution in [3.8, 4) is 0 Å². The molecule has 0 unspecified atom stereocenters. The van der Waals surface area contributed by atoms with Crippen molar-refractivity contribution in [2.24, 2.45) is 0 Å². The van der Waals surface area contributed by atoms with Gasteiger partial charge in [0.1, 0.15) is 5.70 Å². The van der Waals surface area contributed by atoms with Crippen molar-refractivity contribution >= 4 is 23.1 Å². The van der Waals surface area contributed by atoms with Gasteiger partial charge >= 0.3 is 0 Å². The highest BCUT2D eigenvalue weighted by atomic mass is 16.2. The number of hydrogen-bond acceptors (Lipinski definition) is 3. The Morgan fingerprint density at radius 2 is 1.52 bits per heavy atom. The average Bonchev–Trinajstić information content (AvgIpc) is 3.01. The summed E-state index contributed by atoms with van der Waals surface area (Å²) in [6.07, 6.45) is 4.20. The van der Waals surface area contributed by atoms with Crippen LogP contribution in [0.4, 0.5) is 5.69 Å². The maximum Gasteiger partial charge on any atom is 0.282 e. The maximum atomic E-state index is 13.5. The van der Waals surface area contributed by atoms with E-state index in [0.29, 0.717) is 17.0 Å². The molecule has 0 radical (unpaired) electrons. The first-order valence-corrected chi connectivity index (χ1v) is 10.6. The molecule has 0 aromatic heterocycles. The van der Waals surface area contributed by atoms with E-state index in [4.69, 9.17) is 0 Å². The van der Waals surface area contributed by atoms with Crippen LogP contribution < -0.4 is 4.90 Å². The van der Waals surface area contributed by atoms with E-state index in [-0.39, 0.29) is 11.8 Å². The van der Waals surface area contributed by atoms with Crippen molar-refractivity contribution < 1.29 is 9.59 Å². The molecule has 0 N–H and O–H groups in total. The van der Waals surface area contributed by atoms with Crippen molar-refractivity contribution in [2.75, 3.05) is 18.0 Å². The van der Waals surface area contributed by atoms with E-state index in [1.807, 2.05) is 49.4 Å². The predicted octanol–water partition coefficient (Wildman–Crippen LogP) is 4.64. The van der Waals surface area contributed by atoms with Gasteiger partial charge in [0.05, 0.1) is 11.3 Å². The number of carbonyl (C=O) groups excluding carboxylic acids is 2.